The molecule has 1 amide bonds. The van der Waals surface area contributed by atoms with Crippen LogP contribution in [0, 0.1) is 0 Å². The third-order valence-corrected chi connectivity index (χ3v) is 4.20. The monoisotopic (exact) mass is 310 g/mol. The molecule has 0 unspecified atom stereocenters. The molecule has 1 saturated heterocycles. The van der Waals surface area contributed by atoms with E-state index in [2.05, 4.69) is 11.6 Å². The molecule has 1 aromatic rings. The third kappa shape index (κ3) is 3.97. The molecular formula is C15H22N2O3S. The van der Waals surface area contributed by atoms with Crippen molar-refractivity contribution < 1.29 is 14.3 Å². The minimum absolute atomic E-state index is 0.255. The van der Waals surface area contributed by atoms with Gasteiger partial charge in [0.1, 0.15) is 11.4 Å². The van der Waals surface area contributed by atoms with Gasteiger partial charge in [0.15, 0.2) is 0 Å². The molecule has 0 atom stereocenters. The van der Waals surface area contributed by atoms with E-state index in [1.165, 1.54) is 0 Å². The van der Waals surface area contributed by atoms with Gasteiger partial charge in [0.25, 0.3) is 0 Å². The van der Waals surface area contributed by atoms with E-state index in [1.54, 1.807) is 22.4 Å². The highest BCUT2D eigenvalue weighted by Crippen LogP contribution is 2.33. The van der Waals surface area contributed by atoms with Crippen LogP contribution in [-0.4, -0.2) is 41.3 Å². The van der Waals surface area contributed by atoms with Crippen molar-refractivity contribution in [3.8, 4) is 0 Å². The Labute approximate surface area is 129 Å². The molecule has 116 valence electrons. The van der Waals surface area contributed by atoms with Gasteiger partial charge in [0.2, 0.25) is 0 Å². The van der Waals surface area contributed by atoms with E-state index in [0.717, 1.165) is 9.88 Å². The molecular weight excluding hydrogens is 288 g/mol. The predicted octanol–water partition coefficient (Wildman–Crippen LogP) is 3.48. The molecule has 0 bridgehead atoms. The number of rotatable bonds is 4. The standard InChI is InChI=1S/C15H22N2O3S/c1-6-19-10(2)12-7-16-13(21-12)11-8-17(9-11)14(18)20-15(3,4)5/h7,11H,2,6,8-9H2,1,3-5H3. The summed E-state index contributed by atoms with van der Waals surface area (Å²) in [6.45, 7) is 13.3. The summed E-state index contributed by atoms with van der Waals surface area (Å²) >= 11 is 1.58. The first-order valence-corrected chi connectivity index (χ1v) is 7.87. The van der Waals surface area contributed by atoms with Crippen LogP contribution in [0.4, 0.5) is 4.79 Å². The number of nitrogens with zero attached hydrogens (tertiary/aromatic N) is 2. The maximum atomic E-state index is 11.9. The van der Waals surface area contributed by atoms with Crippen LogP contribution in [-0.2, 0) is 9.47 Å². The van der Waals surface area contributed by atoms with E-state index in [9.17, 15) is 4.79 Å². The summed E-state index contributed by atoms with van der Waals surface area (Å²) in [5, 5.41) is 1.02. The van der Waals surface area contributed by atoms with Crippen LogP contribution in [0.2, 0.25) is 0 Å². The lowest BCUT2D eigenvalue weighted by molar-refractivity contribution is 0.00818. The van der Waals surface area contributed by atoms with E-state index in [0.29, 0.717) is 25.5 Å². The number of hydrogen-bond acceptors (Lipinski definition) is 5. The number of aromatic nitrogens is 1. The Hall–Kier alpha value is -1.56. The molecule has 0 aromatic carbocycles. The Morgan fingerprint density at radius 3 is 2.76 bits per heavy atom. The van der Waals surface area contributed by atoms with Crippen molar-refractivity contribution in [3.63, 3.8) is 0 Å². The van der Waals surface area contributed by atoms with Gasteiger partial charge in [0, 0.05) is 25.2 Å². The zero-order valence-electron chi connectivity index (χ0n) is 13.0. The fourth-order valence-electron chi connectivity index (χ4n) is 1.96. The van der Waals surface area contributed by atoms with E-state index >= 15 is 0 Å². The first kappa shape index (κ1) is 15.8. The first-order chi connectivity index (χ1) is 9.80. The van der Waals surface area contributed by atoms with Gasteiger partial charge in [-0.05, 0) is 27.7 Å². The molecule has 0 radical (unpaired) electrons. The average molecular weight is 310 g/mol. The lowest BCUT2D eigenvalue weighted by Gasteiger charge is -2.38. The van der Waals surface area contributed by atoms with E-state index in [4.69, 9.17) is 9.47 Å². The van der Waals surface area contributed by atoms with Gasteiger partial charge < -0.3 is 14.4 Å². The number of carbonyl (C=O) groups is 1. The third-order valence-electron chi connectivity index (χ3n) is 3.00. The Bertz CT molecular complexity index is 527. The number of amides is 1. The fraction of sp³-hybridized carbons (Fsp3) is 0.600. The quantitative estimate of drug-likeness (QED) is 0.799. The van der Waals surface area contributed by atoms with Crippen LogP contribution in [0.5, 0.6) is 0 Å². The normalized spacial score (nSPS) is 15.5. The van der Waals surface area contributed by atoms with Gasteiger partial charge in [-0.2, -0.15) is 0 Å². The molecule has 21 heavy (non-hydrogen) atoms. The smallest absolute Gasteiger partial charge is 0.410 e. The summed E-state index contributed by atoms with van der Waals surface area (Å²) in [6.07, 6.45) is 1.53. The van der Waals surface area contributed by atoms with Gasteiger partial charge >= 0.3 is 6.09 Å². The maximum absolute atomic E-state index is 11.9. The Morgan fingerprint density at radius 2 is 2.19 bits per heavy atom. The highest BCUT2D eigenvalue weighted by atomic mass is 32.1. The van der Waals surface area contributed by atoms with Crippen molar-refractivity contribution in [3.05, 3.63) is 22.7 Å². The molecule has 0 aliphatic carbocycles. The van der Waals surface area contributed by atoms with Gasteiger partial charge in [-0.1, -0.05) is 6.58 Å². The lowest BCUT2D eigenvalue weighted by Crippen LogP contribution is -2.50. The second kappa shape index (κ2) is 6.05. The second-order valence-electron chi connectivity index (χ2n) is 6.00. The van der Waals surface area contributed by atoms with Crippen LogP contribution in [0.15, 0.2) is 12.8 Å². The zero-order chi connectivity index (χ0) is 15.6. The Balaban J connectivity index is 1.87. The summed E-state index contributed by atoms with van der Waals surface area (Å²) in [4.78, 5) is 18.9. The summed E-state index contributed by atoms with van der Waals surface area (Å²) in [6, 6.07) is 0. The SMILES string of the molecule is C=C(OCC)c1cnc(C2CN(C(=O)OC(C)(C)C)C2)s1. The number of likely N-dealkylation sites (tertiary alicyclic amines) is 1. The van der Waals surface area contributed by atoms with Crippen LogP contribution in [0.1, 0.15) is 43.5 Å². The molecule has 1 aliphatic heterocycles. The molecule has 1 aromatic heterocycles. The topological polar surface area (TPSA) is 51.7 Å². The molecule has 2 rings (SSSR count). The zero-order valence-corrected chi connectivity index (χ0v) is 13.8. The number of ether oxygens (including phenoxy) is 2. The van der Waals surface area contributed by atoms with Crippen molar-refractivity contribution in [2.45, 2.75) is 39.2 Å². The van der Waals surface area contributed by atoms with Gasteiger partial charge in [-0.25, -0.2) is 9.78 Å². The van der Waals surface area contributed by atoms with E-state index in [1.807, 2.05) is 27.7 Å². The highest BCUT2D eigenvalue weighted by Gasteiger charge is 2.36. The van der Waals surface area contributed by atoms with Crippen molar-refractivity contribution in [1.29, 1.82) is 0 Å². The van der Waals surface area contributed by atoms with Crippen LogP contribution >= 0.6 is 11.3 Å². The largest absolute Gasteiger partial charge is 0.493 e. The lowest BCUT2D eigenvalue weighted by atomic mass is 10.0. The minimum atomic E-state index is -0.453. The molecule has 0 N–H and O–H groups in total. The average Bonchev–Trinajstić information content (AvgIpc) is 2.74. The highest BCUT2D eigenvalue weighted by molar-refractivity contribution is 7.12. The summed E-state index contributed by atoms with van der Waals surface area (Å²) < 4.78 is 10.7. The van der Waals surface area contributed by atoms with E-state index < -0.39 is 5.60 Å². The van der Waals surface area contributed by atoms with Gasteiger partial charge in [-0.3, -0.25) is 0 Å². The van der Waals surface area contributed by atoms with Crippen molar-refractivity contribution >= 4 is 23.2 Å². The first-order valence-electron chi connectivity index (χ1n) is 7.06. The molecule has 5 nitrogen and oxygen atoms in total. The number of thiazole rings is 1. The molecule has 2 heterocycles. The van der Waals surface area contributed by atoms with Crippen molar-refractivity contribution in [2.75, 3.05) is 19.7 Å². The maximum Gasteiger partial charge on any atom is 0.410 e. The molecule has 0 saturated carbocycles. The molecule has 1 fully saturated rings. The summed E-state index contributed by atoms with van der Waals surface area (Å²) in [5.41, 5.74) is -0.453. The second-order valence-corrected chi connectivity index (χ2v) is 7.06. The van der Waals surface area contributed by atoms with Crippen LogP contribution in [0.3, 0.4) is 0 Å². The summed E-state index contributed by atoms with van der Waals surface area (Å²) in [7, 11) is 0. The van der Waals surface area contributed by atoms with Crippen LogP contribution < -0.4 is 0 Å². The van der Waals surface area contributed by atoms with Crippen molar-refractivity contribution in [1.82, 2.24) is 9.88 Å². The molecule has 1 aliphatic rings. The Kier molecular flexibility index (Phi) is 4.56. The molecule has 6 heteroatoms. The fourth-order valence-corrected chi connectivity index (χ4v) is 2.89. The number of hydrogen-bond donors (Lipinski definition) is 0. The number of carbonyl (C=O) groups excluding carboxylic acids is 1. The predicted molar refractivity (Wildman–Crippen MR) is 83.3 cm³/mol. The van der Waals surface area contributed by atoms with Crippen molar-refractivity contribution in [2.24, 2.45) is 0 Å². The van der Waals surface area contributed by atoms with E-state index in [-0.39, 0.29) is 12.0 Å². The van der Waals surface area contributed by atoms with Gasteiger partial charge in [-0.15, -0.1) is 11.3 Å². The van der Waals surface area contributed by atoms with Crippen LogP contribution in [0.25, 0.3) is 5.76 Å². The summed E-state index contributed by atoms with van der Waals surface area (Å²) in [5.74, 6) is 0.940. The Morgan fingerprint density at radius 1 is 1.52 bits per heavy atom. The minimum Gasteiger partial charge on any atom is -0.493 e. The van der Waals surface area contributed by atoms with Gasteiger partial charge in [0.05, 0.1) is 16.5 Å². The molecule has 0 spiro atoms.